The Morgan fingerprint density at radius 1 is 0.833 bits per heavy atom. The van der Waals surface area contributed by atoms with Crippen molar-refractivity contribution in [2.75, 3.05) is 0 Å². The lowest BCUT2D eigenvalue weighted by atomic mass is 9.97. The average molecular weight is 258 g/mol. The van der Waals surface area contributed by atoms with Gasteiger partial charge in [0.15, 0.2) is 6.10 Å². The highest BCUT2D eigenvalue weighted by molar-refractivity contribution is 5.91. The maximum Gasteiger partial charge on any atom is 0.354 e. The summed E-state index contributed by atoms with van der Waals surface area (Å²) in [7, 11) is 0. The Kier molecular flexibility index (Phi) is 5.08. The van der Waals surface area contributed by atoms with Crippen LogP contribution in [0.5, 0.6) is 0 Å². The number of ether oxygens (including phenoxy) is 2. The fraction of sp³-hybridized carbons (Fsp3) is 0.769. The predicted octanol–water partition coefficient (Wildman–Crippen LogP) is 2.08. The zero-order valence-corrected chi connectivity index (χ0v) is 12.1. The van der Waals surface area contributed by atoms with Gasteiger partial charge in [0.1, 0.15) is 0 Å². The first kappa shape index (κ1) is 16.6. The number of carbonyl (C=O) groups is 3. The fourth-order valence-corrected chi connectivity index (χ4v) is 0.713. The Labute approximate surface area is 108 Å². The molecule has 0 rings (SSSR count). The third kappa shape index (κ3) is 5.29. The Morgan fingerprint density at radius 2 is 1.22 bits per heavy atom. The maximum atomic E-state index is 11.5. The summed E-state index contributed by atoms with van der Waals surface area (Å²) in [6.07, 6.45) is -1.09. The third-order valence-electron chi connectivity index (χ3n) is 2.03. The molecular weight excluding hydrogens is 236 g/mol. The Balaban J connectivity index is 4.47. The molecule has 0 bridgehead atoms. The van der Waals surface area contributed by atoms with Gasteiger partial charge < -0.3 is 9.47 Å². The molecule has 0 aromatic carbocycles. The summed E-state index contributed by atoms with van der Waals surface area (Å²) < 4.78 is 9.56. The van der Waals surface area contributed by atoms with Gasteiger partial charge in [0, 0.05) is 0 Å². The van der Waals surface area contributed by atoms with E-state index < -0.39 is 34.8 Å². The number of rotatable bonds is 2. The van der Waals surface area contributed by atoms with E-state index in [-0.39, 0.29) is 0 Å². The van der Waals surface area contributed by atoms with Gasteiger partial charge in [0.05, 0.1) is 10.8 Å². The molecule has 0 aromatic rings. The molecule has 0 spiro atoms. The van der Waals surface area contributed by atoms with E-state index in [1.165, 1.54) is 6.92 Å². The van der Waals surface area contributed by atoms with E-state index in [1.807, 2.05) is 0 Å². The molecule has 5 heteroatoms. The smallest absolute Gasteiger partial charge is 0.354 e. The van der Waals surface area contributed by atoms with Crippen LogP contribution in [0, 0.1) is 10.8 Å². The van der Waals surface area contributed by atoms with Crippen LogP contribution in [0.3, 0.4) is 0 Å². The second-order valence-electron chi connectivity index (χ2n) is 6.26. The molecule has 0 aliphatic carbocycles. The summed E-state index contributed by atoms with van der Waals surface area (Å²) in [6.45, 7) is 11.3. The van der Waals surface area contributed by atoms with E-state index in [9.17, 15) is 14.4 Å². The third-order valence-corrected chi connectivity index (χ3v) is 2.03. The normalized spacial score (nSPS) is 13.7. The van der Waals surface area contributed by atoms with Crippen LogP contribution in [0.15, 0.2) is 0 Å². The van der Waals surface area contributed by atoms with Crippen LogP contribution >= 0.6 is 0 Å². The highest BCUT2D eigenvalue weighted by Gasteiger charge is 2.31. The van der Waals surface area contributed by atoms with Gasteiger partial charge in [-0.2, -0.15) is 0 Å². The van der Waals surface area contributed by atoms with Crippen molar-refractivity contribution in [1.29, 1.82) is 0 Å². The molecule has 0 heterocycles. The maximum absolute atomic E-state index is 11.5. The first-order chi connectivity index (χ1) is 7.85. The van der Waals surface area contributed by atoms with Crippen LogP contribution in [0.1, 0.15) is 48.5 Å². The van der Waals surface area contributed by atoms with Crippen LogP contribution in [0.4, 0.5) is 0 Å². The van der Waals surface area contributed by atoms with Gasteiger partial charge in [0.2, 0.25) is 0 Å². The lowest BCUT2D eigenvalue weighted by molar-refractivity contribution is -0.179. The molecule has 0 aliphatic rings. The largest absolute Gasteiger partial charge is 0.450 e. The van der Waals surface area contributed by atoms with Gasteiger partial charge in [-0.1, -0.05) is 0 Å². The van der Waals surface area contributed by atoms with Crippen LogP contribution in [-0.4, -0.2) is 24.0 Å². The summed E-state index contributed by atoms with van der Waals surface area (Å²) >= 11 is 0. The highest BCUT2D eigenvalue weighted by atomic mass is 16.6. The summed E-state index contributed by atoms with van der Waals surface area (Å²) in [5.41, 5.74) is -1.48. The topological polar surface area (TPSA) is 69.7 Å². The first-order valence-corrected chi connectivity index (χ1v) is 5.83. The SMILES string of the molecule is C[C@@H](OC(=O)C(C)(C)C)C(=O)OC(=O)C(C)(C)C. The quantitative estimate of drug-likeness (QED) is 0.560. The molecule has 0 aliphatic heterocycles. The zero-order chi connectivity index (χ0) is 14.7. The molecule has 0 amide bonds. The van der Waals surface area contributed by atoms with Gasteiger partial charge in [-0.05, 0) is 48.5 Å². The van der Waals surface area contributed by atoms with E-state index in [1.54, 1.807) is 41.5 Å². The molecule has 0 saturated carbocycles. The van der Waals surface area contributed by atoms with Crippen molar-refractivity contribution in [3.63, 3.8) is 0 Å². The number of hydrogen-bond acceptors (Lipinski definition) is 5. The molecule has 0 unspecified atom stereocenters. The second-order valence-corrected chi connectivity index (χ2v) is 6.26. The lowest BCUT2D eigenvalue weighted by Gasteiger charge is -2.21. The molecule has 0 aromatic heterocycles. The summed E-state index contributed by atoms with van der Waals surface area (Å²) in [5, 5.41) is 0. The lowest BCUT2D eigenvalue weighted by Crippen LogP contribution is -2.35. The van der Waals surface area contributed by atoms with Crippen molar-refractivity contribution >= 4 is 17.9 Å². The van der Waals surface area contributed by atoms with E-state index >= 15 is 0 Å². The molecule has 0 fully saturated rings. The summed E-state index contributed by atoms with van der Waals surface area (Å²) in [6, 6.07) is 0. The van der Waals surface area contributed by atoms with Crippen LogP contribution < -0.4 is 0 Å². The molecule has 5 nitrogen and oxygen atoms in total. The highest BCUT2D eigenvalue weighted by Crippen LogP contribution is 2.18. The standard InChI is InChI=1S/C13H22O5/c1-8(17-10(15)12(2,3)4)9(14)18-11(16)13(5,6)7/h8H,1-7H3/t8-/m1/s1. The zero-order valence-electron chi connectivity index (χ0n) is 12.1. The number of carbonyl (C=O) groups excluding carboxylic acids is 3. The van der Waals surface area contributed by atoms with E-state index in [0.717, 1.165) is 0 Å². The molecule has 0 saturated heterocycles. The van der Waals surface area contributed by atoms with Crippen molar-refractivity contribution < 1.29 is 23.9 Å². The van der Waals surface area contributed by atoms with Crippen molar-refractivity contribution in [2.24, 2.45) is 10.8 Å². The monoisotopic (exact) mass is 258 g/mol. The van der Waals surface area contributed by atoms with Crippen LogP contribution in [0.2, 0.25) is 0 Å². The van der Waals surface area contributed by atoms with E-state index in [2.05, 4.69) is 4.74 Å². The van der Waals surface area contributed by atoms with E-state index in [0.29, 0.717) is 0 Å². The van der Waals surface area contributed by atoms with Crippen molar-refractivity contribution in [1.82, 2.24) is 0 Å². The average Bonchev–Trinajstić information content (AvgIpc) is 2.14. The fourth-order valence-electron chi connectivity index (χ4n) is 0.713. The Bertz CT molecular complexity index is 343. The van der Waals surface area contributed by atoms with Gasteiger partial charge >= 0.3 is 17.9 Å². The molecule has 104 valence electrons. The summed E-state index contributed by atoms with van der Waals surface area (Å²) in [5.74, 6) is -2.02. The Morgan fingerprint density at radius 3 is 1.56 bits per heavy atom. The molecular formula is C13H22O5. The number of esters is 3. The minimum Gasteiger partial charge on any atom is -0.450 e. The van der Waals surface area contributed by atoms with Gasteiger partial charge in [-0.3, -0.25) is 9.59 Å². The molecule has 1 atom stereocenters. The van der Waals surface area contributed by atoms with Crippen LogP contribution in [-0.2, 0) is 23.9 Å². The predicted molar refractivity (Wildman–Crippen MR) is 65.6 cm³/mol. The van der Waals surface area contributed by atoms with Crippen molar-refractivity contribution in [2.45, 2.75) is 54.6 Å². The van der Waals surface area contributed by atoms with Gasteiger partial charge in [-0.25, -0.2) is 4.79 Å². The van der Waals surface area contributed by atoms with Crippen LogP contribution in [0.25, 0.3) is 0 Å². The van der Waals surface area contributed by atoms with E-state index in [4.69, 9.17) is 4.74 Å². The molecule has 0 N–H and O–H groups in total. The van der Waals surface area contributed by atoms with Gasteiger partial charge in [-0.15, -0.1) is 0 Å². The number of hydrogen-bond donors (Lipinski definition) is 0. The van der Waals surface area contributed by atoms with Gasteiger partial charge in [0.25, 0.3) is 0 Å². The minimum atomic E-state index is -1.09. The van der Waals surface area contributed by atoms with Crippen molar-refractivity contribution in [3.8, 4) is 0 Å². The molecule has 0 radical (unpaired) electrons. The summed E-state index contributed by atoms with van der Waals surface area (Å²) in [4.78, 5) is 34.6. The molecule has 18 heavy (non-hydrogen) atoms. The first-order valence-electron chi connectivity index (χ1n) is 5.83. The second kappa shape index (κ2) is 5.50. The minimum absolute atomic E-state index is 0.518. The Hall–Kier alpha value is -1.39. The van der Waals surface area contributed by atoms with Crippen molar-refractivity contribution in [3.05, 3.63) is 0 Å².